The lowest BCUT2D eigenvalue weighted by Crippen LogP contribution is -2.45. The minimum Gasteiger partial charge on any atom is -0.493 e. The monoisotopic (exact) mass is 307 g/mol. The first kappa shape index (κ1) is 15.6. The molecular formula is C14H17N3O5. The van der Waals surface area contributed by atoms with E-state index in [4.69, 9.17) is 9.47 Å². The SMILES string of the molecule is CCOc1ccc([C@@H]2NC(=O)NC(C)=C2[N+](=O)[O-])cc1OC. The smallest absolute Gasteiger partial charge is 0.320 e. The molecule has 1 heterocycles. The summed E-state index contributed by atoms with van der Waals surface area (Å²) in [4.78, 5) is 22.4. The topological polar surface area (TPSA) is 103 Å². The quantitative estimate of drug-likeness (QED) is 0.639. The van der Waals surface area contributed by atoms with Crippen molar-refractivity contribution in [3.8, 4) is 11.5 Å². The van der Waals surface area contributed by atoms with Crippen molar-refractivity contribution in [1.82, 2.24) is 10.6 Å². The lowest BCUT2D eigenvalue weighted by Gasteiger charge is -2.24. The highest BCUT2D eigenvalue weighted by Crippen LogP contribution is 2.34. The van der Waals surface area contributed by atoms with Gasteiger partial charge in [0.05, 0.1) is 24.3 Å². The molecule has 1 aromatic rings. The van der Waals surface area contributed by atoms with Crippen LogP contribution in [0.1, 0.15) is 25.5 Å². The Labute approximate surface area is 127 Å². The number of amides is 2. The highest BCUT2D eigenvalue weighted by atomic mass is 16.6. The van der Waals surface area contributed by atoms with Crippen LogP contribution in [0.4, 0.5) is 4.79 Å². The van der Waals surface area contributed by atoms with Crippen LogP contribution in [0, 0.1) is 10.1 Å². The second-order valence-electron chi connectivity index (χ2n) is 4.64. The maximum Gasteiger partial charge on any atom is 0.320 e. The largest absolute Gasteiger partial charge is 0.493 e. The predicted molar refractivity (Wildman–Crippen MR) is 78.3 cm³/mol. The van der Waals surface area contributed by atoms with Crippen molar-refractivity contribution in [2.24, 2.45) is 0 Å². The Kier molecular flexibility index (Phi) is 4.50. The second-order valence-corrected chi connectivity index (χ2v) is 4.64. The van der Waals surface area contributed by atoms with Crippen molar-refractivity contribution in [3.05, 3.63) is 45.3 Å². The molecule has 8 nitrogen and oxygen atoms in total. The van der Waals surface area contributed by atoms with Crippen molar-refractivity contribution >= 4 is 6.03 Å². The van der Waals surface area contributed by atoms with Gasteiger partial charge >= 0.3 is 6.03 Å². The molecule has 0 aliphatic carbocycles. The average molecular weight is 307 g/mol. The van der Waals surface area contributed by atoms with Crippen LogP contribution < -0.4 is 20.1 Å². The Hall–Kier alpha value is -2.77. The van der Waals surface area contributed by atoms with Crippen LogP contribution in [0.3, 0.4) is 0 Å². The van der Waals surface area contributed by atoms with Gasteiger partial charge in [-0.15, -0.1) is 0 Å². The van der Waals surface area contributed by atoms with E-state index in [1.54, 1.807) is 18.2 Å². The summed E-state index contributed by atoms with van der Waals surface area (Å²) >= 11 is 0. The van der Waals surface area contributed by atoms with Crippen LogP contribution in [-0.4, -0.2) is 24.7 Å². The molecule has 1 atom stereocenters. The lowest BCUT2D eigenvalue weighted by atomic mass is 10.0. The number of nitrogens with one attached hydrogen (secondary N) is 2. The first-order valence-electron chi connectivity index (χ1n) is 6.71. The van der Waals surface area contributed by atoms with Gasteiger partial charge in [-0.1, -0.05) is 6.07 Å². The Morgan fingerprint density at radius 3 is 2.68 bits per heavy atom. The number of urea groups is 1. The summed E-state index contributed by atoms with van der Waals surface area (Å²) in [7, 11) is 1.48. The molecule has 0 saturated heterocycles. The molecular weight excluding hydrogens is 290 g/mol. The van der Waals surface area contributed by atoms with Crippen LogP contribution >= 0.6 is 0 Å². The maximum atomic E-state index is 11.6. The first-order valence-corrected chi connectivity index (χ1v) is 6.71. The third-order valence-electron chi connectivity index (χ3n) is 3.25. The summed E-state index contributed by atoms with van der Waals surface area (Å²) in [6.07, 6.45) is 0. The Balaban J connectivity index is 2.47. The minimum atomic E-state index is -0.853. The Bertz CT molecular complexity index is 641. The summed E-state index contributed by atoms with van der Waals surface area (Å²) in [5.41, 5.74) is 0.651. The zero-order chi connectivity index (χ0) is 16.3. The molecule has 1 aliphatic heterocycles. The van der Waals surface area contributed by atoms with E-state index < -0.39 is 17.0 Å². The molecule has 0 bridgehead atoms. The zero-order valence-corrected chi connectivity index (χ0v) is 12.5. The standard InChI is InChI=1S/C14H17N3O5/c1-4-22-10-6-5-9(7-11(10)21-3)12-13(17(19)20)8(2)15-14(18)16-12/h5-7,12H,4H2,1-3H3,(H2,15,16,18)/t12-/m0/s1. The third kappa shape index (κ3) is 2.95. The second kappa shape index (κ2) is 6.33. The number of nitrogens with zero attached hydrogens (tertiary/aromatic N) is 1. The van der Waals surface area contributed by atoms with Gasteiger partial charge in [0, 0.05) is 0 Å². The minimum absolute atomic E-state index is 0.106. The van der Waals surface area contributed by atoms with Gasteiger partial charge < -0.3 is 20.1 Å². The number of carbonyl (C=O) groups excluding carboxylic acids is 1. The van der Waals surface area contributed by atoms with E-state index in [0.717, 1.165) is 0 Å². The molecule has 2 rings (SSSR count). The van der Waals surface area contributed by atoms with Crippen LogP contribution in [-0.2, 0) is 0 Å². The van der Waals surface area contributed by atoms with Crippen molar-refractivity contribution in [3.63, 3.8) is 0 Å². The summed E-state index contributed by atoms with van der Waals surface area (Å²) in [6, 6.07) is 3.62. The van der Waals surface area contributed by atoms with E-state index in [1.165, 1.54) is 14.0 Å². The van der Waals surface area contributed by atoms with E-state index in [1.807, 2.05) is 6.92 Å². The molecule has 0 unspecified atom stereocenters. The molecule has 2 N–H and O–H groups in total. The van der Waals surface area contributed by atoms with Crippen molar-refractivity contribution in [1.29, 1.82) is 0 Å². The van der Waals surface area contributed by atoms with E-state index in [-0.39, 0.29) is 11.4 Å². The molecule has 1 aliphatic rings. The van der Waals surface area contributed by atoms with Crippen LogP contribution in [0.2, 0.25) is 0 Å². The normalized spacial score (nSPS) is 17.6. The number of methoxy groups -OCH3 is 1. The number of benzene rings is 1. The molecule has 1 aromatic carbocycles. The van der Waals surface area contributed by atoms with Crippen molar-refractivity contribution < 1.29 is 19.2 Å². The third-order valence-corrected chi connectivity index (χ3v) is 3.25. The van der Waals surface area contributed by atoms with Gasteiger partial charge in [0.1, 0.15) is 6.04 Å². The van der Waals surface area contributed by atoms with Gasteiger partial charge in [0.2, 0.25) is 0 Å². The molecule has 0 aromatic heterocycles. The van der Waals surface area contributed by atoms with E-state index in [9.17, 15) is 14.9 Å². The van der Waals surface area contributed by atoms with Crippen molar-refractivity contribution in [2.75, 3.05) is 13.7 Å². The van der Waals surface area contributed by atoms with Gasteiger partial charge in [-0.2, -0.15) is 0 Å². The van der Waals surface area contributed by atoms with Gasteiger partial charge in [0.15, 0.2) is 11.5 Å². The molecule has 0 spiro atoms. The zero-order valence-electron chi connectivity index (χ0n) is 12.5. The van der Waals surface area contributed by atoms with Crippen LogP contribution in [0.15, 0.2) is 29.6 Å². The van der Waals surface area contributed by atoms with Crippen LogP contribution in [0.5, 0.6) is 11.5 Å². The van der Waals surface area contributed by atoms with E-state index in [2.05, 4.69) is 10.6 Å². The maximum absolute atomic E-state index is 11.6. The number of ether oxygens (including phenoxy) is 2. The van der Waals surface area contributed by atoms with E-state index in [0.29, 0.717) is 23.7 Å². The number of carbonyl (C=O) groups is 1. The first-order chi connectivity index (χ1) is 10.5. The number of hydrogen-bond donors (Lipinski definition) is 2. The number of hydrogen-bond acceptors (Lipinski definition) is 5. The molecule has 0 fully saturated rings. The summed E-state index contributed by atoms with van der Waals surface area (Å²) in [5, 5.41) is 16.2. The van der Waals surface area contributed by atoms with Gasteiger partial charge in [-0.25, -0.2) is 4.79 Å². The lowest BCUT2D eigenvalue weighted by molar-refractivity contribution is -0.432. The summed E-state index contributed by atoms with van der Waals surface area (Å²) < 4.78 is 10.7. The highest BCUT2D eigenvalue weighted by Gasteiger charge is 2.35. The summed E-state index contributed by atoms with van der Waals surface area (Å²) in [5.74, 6) is 0.991. The number of allylic oxidation sites excluding steroid dienone is 1. The highest BCUT2D eigenvalue weighted by molar-refractivity contribution is 5.78. The number of nitro groups is 1. The average Bonchev–Trinajstić information content (AvgIpc) is 2.46. The molecule has 2 amide bonds. The molecule has 0 saturated carbocycles. The van der Waals surface area contributed by atoms with Gasteiger partial charge in [0.25, 0.3) is 5.70 Å². The Morgan fingerprint density at radius 1 is 1.36 bits per heavy atom. The fraction of sp³-hybridized carbons (Fsp3) is 0.357. The Morgan fingerprint density at radius 2 is 2.09 bits per heavy atom. The molecule has 0 radical (unpaired) electrons. The molecule has 8 heteroatoms. The summed E-state index contributed by atoms with van der Waals surface area (Å²) in [6.45, 7) is 3.81. The van der Waals surface area contributed by atoms with Gasteiger partial charge in [-0.3, -0.25) is 10.1 Å². The fourth-order valence-electron chi connectivity index (χ4n) is 2.31. The fourth-order valence-corrected chi connectivity index (χ4v) is 2.31. The van der Waals surface area contributed by atoms with E-state index >= 15 is 0 Å². The van der Waals surface area contributed by atoms with Crippen LogP contribution in [0.25, 0.3) is 0 Å². The molecule has 118 valence electrons. The molecule has 22 heavy (non-hydrogen) atoms. The van der Waals surface area contributed by atoms with Gasteiger partial charge in [-0.05, 0) is 31.5 Å². The number of rotatable bonds is 5. The predicted octanol–water partition coefficient (Wildman–Crippen LogP) is 1.96. The van der Waals surface area contributed by atoms with Crippen molar-refractivity contribution in [2.45, 2.75) is 19.9 Å².